The summed E-state index contributed by atoms with van der Waals surface area (Å²) in [6.07, 6.45) is 4.67. The first-order valence-electron chi connectivity index (χ1n) is 7.43. The molecule has 0 spiro atoms. The lowest BCUT2D eigenvalue weighted by molar-refractivity contribution is 0.0941. The summed E-state index contributed by atoms with van der Waals surface area (Å²) >= 11 is 0. The number of amides is 1. The van der Waals surface area contributed by atoms with Crippen LogP contribution in [0.15, 0.2) is 18.2 Å². The number of unbranched alkanes of at least 4 members (excludes halogenated alkanes) is 1. The molecule has 1 aromatic carbocycles. The zero-order chi connectivity index (χ0) is 14.4. The van der Waals surface area contributed by atoms with Crippen LogP contribution in [0, 0.1) is 5.92 Å². The van der Waals surface area contributed by atoms with Crippen LogP contribution in [0.2, 0.25) is 0 Å². The first-order valence-corrected chi connectivity index (χ1v) is 7.43. The molecule has 2 rings (SSSR count). The number of hydrogen-bond acceptors (Lipinski definition) is 3. The maximum absolute atomic E-state index is 12.3. The van der Waals surface area contributed by atoms with Crippen LogP contribution in [0.1, 0.15) is 49.9 Å². The van der Waals surface area contributed by atoms with E-state index in [1.54, 1.807) is 6.07 Å². The second-order valence-corrected chi connectivity index (χ2v) is 5.17. The molecule has 1 aliphatic heterocycles. The molecule has 0 saturated carbocycles. The second-order valence-electron chi connectivity index (χ2n) is 5.17. The minimum absolute atomic E-state index is 0.0812. The number of nitrogens with one attached hydrogen (secondary N) is 1. The standard InChI is InChI=1S/C16H23NO3/c1-3-5-7-12(4-2)10-17-16(18)13-8-6-9-14-15(13)20-11-19-14/h6,8-9,12H,3-5,7,10-11H2,1-2H3,(H,17,18). The fourth-order valence-corrected chi connectivity index (χ4v) is 2.38. The molecular formula is C16H23NO3. The lowest BCUT2D eigenvalue weighted by Crippen LogP contribution is -2.29. The Labute approximate surface area is 120 Å². The summed E-state index contributed by atoms with van der Waals surface area (Å²) in [6.45, 7) is 5.27. The summed E-state index contributed by atoms with van der Waals surface area (Å²) < 4.78 is 10.7. The molecule has 0 aromatic heterocycles. The normalized spacial score (nSPS) is 14.1. The lowest BCUT2D eigenvalue weighted by atomic mass is 9.99. The number of carbonyl (C=O) groups excluding carboxylic acids is 1. The average Bonchev–Trinajstić information content (AvgIpc) is 2.95. The maximum Gasteiger partial charge on any atom is 0.255 e. The van der Waals surface area contributed by atoms with E-state index in [1.165, 1.54) is 19.3 Å². The van der Waals surface area contributed by atoms with Crippen LogP contribution >= 0.6 is 0 Å². The smallest absolute Gasteiger partial charge is 0.255 e. The zero-order valence-electron chi connectivity index (χ0n) is 12.3. The molecule has 0 bridgehead atoms. The van der Waals surface area contributed by atoms with E-state index in [4.69, 9.17) is 9.47 Å². The third kappa shape index (κ3) is 3.44. The fourth-order valence-electron chi connectivity index (χ4n) is 2.38. The van der Waals surface area contributed by atoms with Crippen molar-refractivity contribution in [2.75, 3.05) is 13.3 Å². The average molecular weight is 277 g/mol. The molecule has 0 saturated heterocycles. The highest BCUT2D eigenvalue weighted by Gasteiger charge is 2.21. The lowest BCUT2D eigenvalue weighted by Gasteiger charge is -2.15. The Morgan fingerprint density at radius 1 is 1.35 bits per heavy atom. The largest absolute Gasteiger partial charge is 0.454 e. The predicted molar refractivity (Wildman–Crippen MR) is 78.2 cm³/mol. The second kappa shape index (κ2) is 7.17. The Kier molecular flexibility index (Phi) is 5.27. The van der Waals surface area contributed by atoms with E-state index in [2.05, 4.69) is 19.2 Å². The Balaban J connectivity index is 1.93. The summed E-state index contributed by atoms with van der Waals surface area (Å²) in [5.41, 5.74) is 0.561. The SMILES string of the molecule is CCCCC(CC)CNC(=O)c1cccc2c1OCO2. The molecule has 0 fully saturated rings. The number of fused-ring (bicyclic) bond motifs is 1. The molecule has 0 radical (unpaired) electrons. The van der Waals surface area contributed by atoms with Crippen molar-refractivity contribution >= 4 is 5.91 Å². The minimum Gasteiger partial charge on any atom is -0.454 e. The van der Waals surface area contributed by atoms with Crippen molar-refractivity contribution < 1.29 is 14.3 Å². The molecule has 4 nitrogen and oxygen atoms in total. The van der Waals surface area contributed by atoms with Gasteiger partial charge < -0.3 is 14.8 Å². The minimum atomic E-state index is -0.0812. The third-order valence-corrected chi connectivity index (χ3v) is 3.74. The Bertz CT molecular complexity index is 459. The summed E-state index contributed by atoms with van der Waals surface area (Å²) in [4.78, 5) is 12.3. The summed E-state index contributed by atoms with van der Waals surface area (Å²) in [5, 5.41) is 3.01. The number of hydrogen-bond donors (Lipinski definition) is 1. The number of carbonyl (C=O) groups is 1. The van der Waals surface area contributed by atoms with Crippen LogP contribution < -0.4 is 14.8 Å². The van der Waals surface area contributed by atoms with E-state index < -0.39 is 0 Å². The number of benzene rings is 1. The van der Waals surface area contributed by atoms with Gasteiger partial charge in [0.1, 0.15) is 0 Å². The summed E-state index contributed by atoms with van der Waals surface area (Å²) in [5.74, 6) is 1.68. The Morgan fingerprint density at radius 2 is 2.20 bits per heavy atom. The van der Waals surface area contributed by atoms with Gasteiger partial charge in [-0.05, 0) is 24.5 Å². The Morgan fingerprint density at radius 3 is 2.95 bits per heavy atom. The topological polar surface area (TPSA) is 47.6 Å². The molecule has 1 aromatic rings. The zero-order valence-corrected chi connectivity index (χ0v) is 12.3. The number of rotatable bonds is 7. The third-order valence-electron chi connectivity index (χ3n) is 3.74. The van der Waals surface area contributed by atoms with Gasteiger partial charge in [-0.1, -0.05) is 39.2 Å². The van der Waals surface area contributed by atoms with E-state index in [0.717, 1.165) is 13.0 Å². The van der Waals surface area contributed by atoms with Crippen molar-refractivity contribution in [3.05, 3.63) is 23.8 Å². The van der Waals surface area contributed by atoms with E-state index >= 15 is 0 Å². The van der Waals surface area contributed by atoms with Crippen LogP contribution in [-0.4, -0.2) is 19.2 Å². The molecule has 1 heterocycles. The van der Waals surface area contributed by atoms with Gasteiger partial charge in [-0.15, -0.1) is 0 Å². The molecule has 1 unspecified atom stereocenters. The van der Waals surface area contributed by atoms with Gasteiger partial charge in [0.2, 0.25) is 6.79 Å². The van der Waals surface area contributed by atoms with Crippen LogP contribution in [0.5, 0.6) is 11.5 Å². The number of para-hydroxylation sites is 1. The van der Waals surface area contributed by atoms with Gasteiger partial charge >= 0.3 is 0 Å². The molecular weight excluding hydrogens is 254 g/mol. The highest BCUT2D eigenvalue weighted by atomic mass is 16.7. The van der Waals surface area contributed by atoms with E-state index in [1.807, 2.05) is 12.1 Å². The van der Waals surface area contributed by atoms with Gasteiger partial charge in [0.05, 0.1) is 5.56 Å². The van der Waals surface area contributed by atoms with Gasteiger partial charge in [-0.2, -0.15) is 0 Å². The van der Waals surface area contributed by atoms with Crippen molar-refractivity contribution in [2.45, 2.75) is 39.5 Å². The van der Waals surface area contributed by atoms with Crippen molar-refractivity contribution in [2.24, 2.45) is 5.92 Å². The highest BCUT2D eigenvalue weighted by Crippen LogP contribution is 2.35. The van der Waals surface area contributed by atoms with Crippen molar-refractivity contribution in [1.82, 2.24) is 5.32 Å². The van der Waals surface area contributed by atoms with Gasteiger partial charge in [0.25, 0.3) is 5.91 Å². The Hall–Kier alpha value is -1.71. The quantitative estimate of drug-likeness (QED) is 0.831. The monoisotopic (exact) mass is 277 g/mol. The molecule has 0 aliphatic carbocycles. The van der Waals surface area contributed by atoms with E-state index in [9.17, 15) is 4.79 Å². The van der Waals surface area contributed by atoms with E-state index in [-0.39, 0.29) is 12.7 Å². The van der Waals surface area contributed by atoms with Crippen LogP contribution in [0.25, 0.3) is 0 Å². The van der Waals surface area contributed by atoms with Crippen molar-refractivity contribution in [1.29, 1.82) is 0 Å². The van der Waals surface area contributed by atoms with Gasteiger partial charge in [-0.25, -0.2) is 0 Å². The van der Waals surface area contributed by atoms with E-state index in [0.29, 0.717) is 23.0 Å². The van der Waals surface area contributed by atoms with Crippen LogP contribution in [0.3, 0.4) is 0 Å². The highest BCUT2D eigenvalue weighted by molar-refractivity contribution is 5.97. The summed E-state index contributed by atoms with van der Waals surface area (Å²) in [6, 6.07) is 5.40. The first kappa shape index (κ1) is 14.7. The van der Waals surface area contributed by atoms with Gasteiger partial charge in [0, 0.05) is 6.54 Å². The summed E-state index contributed by atoms with van der Waals surface area (Å²) in [7, 11) is 0. The van der Waals surface area contributed by atoms with Crippen molar-refractivity contribution in [3.63, 3.8) is 0 Å². The number of ether oxygens (including phenoxy) is 2. The van der Waals surface area contributed by atoms with Crippen molar-refractivity contribution in [3.8, 4) is 11.5 Å². The molecule has 20 heavy (non-hydrogen) atoms. The predicted octanol–water partition coefficient (Wildman–Crippen LogP) is 3.36. The van der Waals surface area contributed by atoms with Gasteiger partial charge in [0.15, 0.2) is 11.5 Å². The molecule has 110 valence electrons. The fraction of sp³-hybridized carbons (Fsp3) is 0.562. The molecule has 1 atom stereocenters. The molecule has 1 aliphatic rings. The molecule has 1 amide bonds. The van der Waals surface area contributed by atoms with Crippen LogP contribution in [0.4, 0.5) is 0 Å². The van der Waals surface area contributed by atoms with Gasteiger partial charge in [-0.3, -0.25) is 4.79 Å². The molecule has 1 N–H and O–H groups in total. The maximum atomic E-state index is 12.3. The molecule has 4 heteroatoms. The first-order chi connectivity index (χ1) is 9.76. The van der Waals surface area contributed by atoms with Crippen LogP contribution in [-0.2, 0) is 0 Å².